The maximum atomic E-state index is 3.35. The van der Waals surface area contributed by atoms with E-state index in [0.29, 0.717) is 6.04 Å². The highest BCUT2D eigenvalue weighted by molar-refractivity contribution is 7.98. The third-order valence-electron chi connectivity index (χ3n) is 2.10. The van der Waals surface area contributed by atoms with Crippen molar-refractivity contribution >= 4 is 23.1 Å². The number of hydrogen-bond donors (Lipinski definition) is 1. The van der Waals surface area contributed by atoms with E-state index in [2.05, 4.69) is 36.1 Å². The predicted molar refractivity (Wildman–Crippen MR) is 63.9 cm³/mol. The molecule has 0 aromatic carbocycles. The lowest BCUT2D eigenvalue weighted by molar-refractivity contribution is 0.575. The molecule has 3 heteroatoms. The van der Waals surface area contributed by atoms with E-state index in [1.165, 1.54) is 23.5 Å². The number of hydrogen-bond acceptors (Lipinski definition) is 3. The standard InChI is InChI=1S/C10H17NS2/c1-11-9(8-12-2)5-6-10-4-3-7-13-10/h3-4,7,9,11H,5-6,8H2,1-2H3. The average molecular weight is 215 g/mol. The van der Waals surface area contributed by atoms with Crippen molar-refractivity contribution < 1.29 is 0 Å². The zero-order valence-corrected chi connectivity index (χ0v) is 9.88. The van der Waals surface area contributed by atoms with Gasteiger partial charge < -0.3 is 5.32 Å². The van der Waals surface area contributed by atoms with Gasteiger partial charge in [0.15, 0.2) is 0 Å². The molecule has 1 heterocycles. The third kappa shape index (κ3) is 4.16. The van der Waals surface area contributed by atoms with Crippen LogP contribution in [0.3, 0.4) is 0 Å². The van der Waals surface area contributed by atoms with Crippen LogP contribution >= 0.6 is 23.1 Å². The van der Waals surface area contributed by atoms with Crippen molar-refractivity contribution in [3.63, 3.8) is 0 Å². The maximum absolute atomic E-state index is 3.35. The first kappa shape index (κ1) is 11.1. The van der Waals surface area contributed by atoms with E-state index in [9.17, 15) is 0 Å². The lowest BCUT2D eigenvalue weighted by atomic mass is 10.1. The Balaban J connectivity index is 2.23. The first-order chi connectivity index (χ1) is 6.36. The van der Waals surface area contributed by atoms with Gasteiger partial charge in [0.05, 0.1) is 0 Å². The first-order valence-electron chi connectivity index (χ1n) is 4.55. The van der Waals surface area contributed by atoms with E-state index in [1.54, 1.807) is 0 Å². The fraction of sp³-hybridized carbons (Fsp3) is 0.600. The van der Waals surface area contributed by atoms with E-state index in [-0.39, 0.29) is 0 Å². The third-order valence-corrected chi connectivity index (χ3v) is 3.77. The molecule has 74 valence electrons. The summed E-state index contributed by atoms with van der Waals surface area (Å²) in [7, 11) is 2.05. The number of nitrogens with one attached hydrogen (secondary N) is 1. The molecule has 0 radical (unpaired) electrons. The van der Waals surface area contributed by atoms with Crippen LogP contribution in [0.5, 0.6) is 0 Å². The van der Waals surface area contributed by atoms with E-state index < -0.39 is 0 Å². The van der Waals surface area contributed by atoms with E-state index in [4.69, 9.17) is 0 Å². The Morgan fingerprint density at radius 1 is 1.62 bits per heavy atom. The van der Waals surface area contributed by atoms with Crippen LogP contribution in [0.15, 0.2) is 17.5 Å². The van der Waals surface area contributed by atoms with E-state index in [0.717, 1.165) is 0 Å². The summed E-state index contributed by atoms with van der Waals surface area (Å²) in [6, 6.07) is 5.01. The summed E-state index contributed by atoms with van der Waals surface area (Å²) in [6.45, 7) is 0. The van der Waals surface area contributed by atoms with Crippen molar-refractivity contribution in [1.29, 1.82) is 0 Å². The second-order valence-electron chi connectivity index (χ2n) is 3.06. The number of thioether (sulfide) groups is 1. The summed E-state index contributed by atoms with van der Waals surface area (Å²) >= 11 is 3.77. The second kappa shape index (κ2) is 6.46. The molecule has 0 bridgehead atoms. The number of rotatable bonds is 6. The molecule has 0 saturated carbocycles. The fourth-order valence-corrected chi connectivity index (χ4v) is 2.74. The Bertz CT molecular complexity index is 209. The smallest absolute Gasteiger partial charge is 0.0158 e. The quantitative estimate of drug-likeness (QED) is 0.783. The van der Waals surface area contributed by atoms with Crippen molar-refractivity contribution in [3.05, 3.63) is 22.4 Å². The van der Waals surface area contributed by atoms with Gasteiger partial charge in [-0.1, -0.05) is 6.07 Å². The van der Waals surface area contributed by atoms with Gasteiger partial charge >= 0.3 is 0 Å². The predicted octanol–water partition coefficient (Wildman–Crippen LogP) is 2.63. The van der Waals surface area contributed by atoms with Crippen LogP contribution in [0.4, 0.5) is 0 Å². The first-order valence-corrected chi connectivity index (χ1v) is 6.82. The molecular formula is C10H17NS2. The molecule has 0 aliphatic heterocycles. The lowest BCUT2D eigenvalue weighted by Gasteiger charge is -2.13. The van der Waals surface area contributed by atoms with Gasteiger partial charge in [-0.05, 0) is 37.6 Å². The molecule has 0 fully saturated rings. The highest BCUT2D eigenvalue weighted by Crippen LogP contribution is 2.13. The molecule has 0 saturated heterocycles. The van der Waals surface area contributed by atoms with Gasteiger partial charge in [-0.15, -0.1) is 11.3 Å². The summed E-state index contributed by atoms with van der Waals surface area (Å²) in [6.07, 6.45) is 4.62. The molecular weight excluding hydrogens is 198 g/mol. The molecule has 0 aliphatic rings. The Labute approximate surface area is 88.9 Å². The molecule has 1 atom stereocenters. The summed E-state index contributed by atoms with van der Waals surface area (Å²) in [4.78, 5) is 1.50. The van der Waals surface area contributed by atoms with Gasteiger partial charge in [0.1, 0.15) is 0 Å². The normalized spacial score (nSPS) is 13.1. The van der Waals surface area contributed by atoms with Crippen LogP contribution in [-0.2, 0) is 6.42 Å². The van der Waals surface area contributed by atoms with Crippen LogP contribution < -0.4 is 5.32 Å². The molecule has 13 heavy (non-hydrogen) atoms. The molecule has 1 aromatic heterocycles. The summed E-state index contributed by atoms with van der Waals surface area (Å²) < 4.78 is 0. The molecule has 1 N–H and O–H groups in total. The zero-order chi connectivity index (χ0) is 9.52. The minimum absolute atomic E-state index is 0.664. The lowest BCUT2D eigenvalue weighted by Crippen LogP contribution is -2.28. The minimum Gasteiger partial charge on any atom is -0.316 e. The van der Waals surface area contributed by atoms with Crippen LogP contribution in [-0.4, -0.2) is 25.1 Å². The topological polar surface area (TPSA) is 12.0 Å². The molecule has 1 rings (SSSR count). The van der Waals surface area contributed by atoms with Gasteiger partial charge in [-0.3, -0.25) is 0 Å². The molecule has 0 spiro atoms. The van der Waals surface area contributed by atoms with Gasteiger partial charge in [-0.25, -0.2) is 0 Å². The van der Waals surface area contributed by atoms with Crippen molar-refractivity contribution in [1.82, 2.24) is 5.32 Å². The molecule has 1 unspecified atom stereocenters. The van der Waals surface area contributed by atoms with Crippen LogP contribution in [0.2, 0.25) is 0 Å². The van der Waals surface area contributed by atoms with E-state index >= 15 is 0 Å². The van der Waals surface area contributed by atoms with Gasteiger partial charge in [0, 0.05) is 16.7 Å². The average Bonchev–Trinajstić information content (AvgIpc) is 2.64. The van der Waals surface area contributed by atoms with Crippen LogP contribution in [0.25, 0.3) is 0 Å². The Morgan fingerprint density at radius 3 is 3.00 bits per heavy atom. The minimum atomic E-state index is 0.664. The number of thiophene rings is 1. The monoisotopic (exact) mass is 215 g/mol. The van der Waals surface area contributed by atoms with Crippen LogP contribution in [0.1, 0.15) is 11.3 Å². The number of aryl methyl sites for hydroxylation is 1. The second-order valence-corrected chi connectivity index (χ2v) is 5.00. The van der Waals surface area contributed by atoms with Crippen molar-refractivity contribution in [2.75, 3.05) is 19.1 Å². The van der Waals surface area contributed by atoms with Crippen molar-refractivity contribution in [3.8, 4) is 0 Å². The van der Waals surface area contributed by atoms with Crippen molar-refractivity contribution in [2.45, 2.75) is 18.9 Å². The maximum Gasteiger partial charge on any atom is 0.0158 e. The van der Waals surface area contributed by atoms with Gasteiger partial charge in [0.25, 0.3) is 0 Å². The summed E-state index contributed by atoms with van der Waals surface area (Å²) in [5.74, 6) is 1.21. The fourth-order valence-electron chi connectivity index (χ4n) is 1.28. The van der Waals surface area contributed by atoms with E-state index in [1.807, 2.05) is 23.1 Å². The summed E-state index contributed by atoms with van der Waals surface area (Å²) in [5.41, 5.74) is 0. The van der Waals surface area contributed by atoms with Crippen molar-refractivity contribution in [2.24, 2.45) is 0 Å². The van der Waals surface area contributed by atoms with Gasteiger partial charge in [-0.2, -0.15) is 11.8 Å². The highest BCUT2D eigenvalue weighted by Gasteiger charge is 2.05. The molecule has 1 aromatic rings. The largest absolute Gasteiger partial charge is 0.316 e. The SMILES string of the molecule is CNC(CCc1cccs1)CSC. The molecule has 0 amide bonds. The molecule has 1 nitrogen and oxygen atoms in total. The van der Waals surface area contributed by atoms with Crippen LogP contribution in [0, 0.1) is 0 Å². The summed E-state index contributed by atoms with van der Waals surface area (Å²) in [5, 5.41) is 5.50. The Morgan fingerprint density at radius 2 is 2.46 bits per heavy atom. The van der Waals surface area contributed by atoms with Gasteiger partial charge in [0.2, 0.25) is 0 Å². The Hall–Kier alpha value is 0.01000. The molecule has 0 aliphatic carbocycles. The Kier molecular flexibility index (Phi) is 5.51. The zero-order valence-electron chi connectivity index (χ0n) is 8.25. The highest BCUT2D eigenvalue weighted by atomic mass is 32.2.